The molecular weight excluding hydrogens is 428 g/mol. The highest BCUT2D eigenvalue weighted by atomic mass is 32.2. The van der Waals surface area contributed by atoms with Crippen molar-refractivity contribution in [1.29, 1.82) is 0 Å². The topological polar surface area (TPSA) is 65.1 Å². The largest absolute Gasteiger partial charge is 0.542 e. The Morgan fingerprint density at radius 3 is 2.35 bits per heavy atom. The van der Waals surface area contributed by atoms with Crippen LogP contribution in [-0.2, 0) is 20.0 Å². The first-order valence-electron chi connectivity index (χ1n) is 10.6. The third-order valence-corrected chi connectivity index (χ3v) is 8.71. The van der Waals surface area contributed by atoms with Crippen LogP contribution in [0.15, 0.2) is 46.2 Å². The minimum atomic E-state index is -3.80. The molecule has 2 atom stereocenters. The van der Waals surface area contributed by atoms with Crippen LogP contribution in [0.25, 0.3) is 0 Å². The molecule has 4 rings (SSSR count). The summed E-state index contributed by atoms with van der Waals surface area (Å²) in [5.74, 6) is 1.15. The van der Waals surface area contributed by atoms with Gasteiger partial charge >= 0.3 is 0 Å². The van der Waals surface area contributed by atoms with E-state index in [0.29, 0.717) is 11.5 Å². The second-order valence-corrected chi connectivity index (χ2v) is 14.3. The Morgan fingerprint density at radius 1 is 1.06 bits per heavy atom. The second-order valence-electron chi connectivity index (χ2n) is 10.3. The Labute approximate surface area is 187 Å². The lowest BCUT2D eigenvalue weighted by atomic mass is 9.84. The van der Waals surface area contributed by atoms with E-state index in [0.717, 1.165) is 11.1 Å². The van der Waals surface area contributed by atoms with Gasteiger partial charge in [-0.05, 0) is 69.1 Å². The fourth-order valence-corrected chi connectivity index (χ4v) is 6.29. The van der Waals surface area contributed by atoms with Crippen molar-refractivity contribution < 1.29 is 22.3 Å². The molecule has 0 bridgehead atoms. The van der Waals surface area contributed by atoms with Crippen molar-refractivity contribution in [3.8, 4) is 11.5 Å². The van der Waals surface area contributed by atoms with E-state index in [4.69, 9.17) is 13.9 Å². The molecule has 0 spiro atoms. The Morgan fingerprint density at radius 2 is 1.74 bits per heavy atom. The lowest BCUT2D eigenvalue weighted by Crippen LogP contribution is -2.45. The molecule has 1 fully saturated rings. The highest BCUT2D eigenvalue weighted by Crippen LogP contribution is 2.62. The molecule has 0 unspecified atom stereocenters. The fourth-order valence-electron chi connectivity index (χ4n) is 4.15. The quantitative estimate of drug-likeness (QED) is 0.449. The lowest BCUT2D eigenvalue weighted by Gasteiger charge is -2.35. The highest BCUT2D eigenvalue weighted by molar-refractivity contribution is 7.91. The van der Waals surface area contributed by atoms with Crippen LogP contribution in [0.4, 0.5) is 0 Å². The zero-order valence-corrected chi connectivity index (χ0v) is 21.3. The molecule has 1 radical (unpaired) electrons. The van der Waals surface area contributed by atoms with Gasteiger partial charge in [0.15, 0.2) is 0 Å². The summed E-state index contributed by atoms with van der Waals surface area (Å²) in [6, 6.07) is 10.4. The summed E-state index contributed by atoms with van der Waals surface area (Å²) in [5.41, 5.74) is 0.490. The van der Waals surface area contributed by atoms with Crippen LogP contribution in [0.2, 0.25) is 13.1 Å². The number of hydrogen-bond acceptors (Lipinski definition) is 5. The molecule has 2 aromatic rings. The second kappa shape index (κ2) is 6.83. The summed E-state index contributed by atoms with van der Waals surface area (Å²) in [4.78, 5) is 0.437. The number of rotatable bonds is 4. The van der Waals surface area contributed by atoms with Crippen molar-refractivity contribution in [2.45, 2.75) is 87.1 Å². The van der Waals surface area contributed by atoms with Gasteiger partial charge in [-0.25, -0.2) is 8.42 Å². The van der Waals surface area contributed by atoms with E-state index in [1.165, 1.54) is 0 Å². The van der Waals surface area contributed by atoms with Crippen molar-refractivity contribution in [3.05, 3.63) is 47.5 Å². The van der Waals surface area contributed by atoms with E-state index in [2.05, 4.69) is 20.8 Å². The number of hydrogen-bond donors (Lipinski definition) is 0. The van der Waals surface area contributed by atoms with Gasteiger partial charge in [-0.2, -0.15) is 0 Å². The molecule has 2 aromatic carbocycles. The number of benzene rings is 2. The van der Waals surface area contributed by atoms with Crippen LogP contribution in [0.1, 0.15) is 58.8 Å². The van der Waals surface area contributed by atoms with Gasteiger partial charge in [0.1, 0.15) is 33.7 Å². The van der Waals surface area contributed by atoms with Gasteiger partial charge < -0.3 is 13.9 Å². The molecule has 0 amide bonds. The van der Waals surface area contributed by atoms with Crippen LogP contribution in [0, 0.1) is 0 Å². The summed E-state index contributed by atoms with van der Waals surface area (Å²) >= 11 is 0. The van der Waals surface area contributed by atoms with Crippen molar-refractivity contribution in [1.82, 2.24) is 0 Å². The Hall–Kier alpha value is -1.83. The van der Waals surface area contributed by atoms with Crippen LogP contribution < -0.4 is 9.16 Å². The Bertz CT molecular complexity index is 1150. The summed E-state index contributed by atoms with van der Waals surface area (Å²) in [7, 11) is -4.98. The van der Waals surface area contributed by atoms with E-state index in [1.807, 2.05) is 39.9 Å². The van der Waals surface area contributed by atoms with Gasteiger partial charge in [0.05, 0.1) is 4.90 Å². The molecule has 1 saturated heterocycles. The highest BCUT2D eigenvalue weighted by Gasteiger charge is 2.67. The number of para-hydroxylation sites is 1. The minimum absolute atomic E-state index is 0.167. The molecule has 2 heterocycles. The molecule has 7 heteroatoms. The summed E-state index contributed by atoms with van der Waals surface area (Å²) in [6.07, 6.45) is -0.167. The van der Waals surface area contributed by atoms with Crippen LogP contribution in [0.3, 0.4) is 0 Å². The predicted molar refractivity (Wildman–Crippen MR) is 122 cm³/mol. The van der Waals surface area contributed by atoms with Crippen molar-refractivity contribution in [2.24, 2.45) is 0 Å². The molecule has 2 aliphatic heterocycles. The maximum absolute atomic E-state index is 13.8. The van der Waals surface area contributed by atoms with Gasteiger partial charge in [0.2, 0.25) is 9.84 Å². The first-order chi connectivity index (χ1) is 14.2. The van der Waals surface area contributed by atoms with Gasteiger partial charge in [-0.1, -0.05) is 32.9 Å². The third-order valence-electron chi connectivity index (χ3n) is 6.32. The Balaban J connectivity index is 1.84. The number of epoxide rings is 1. The van der Waals surface area contributed by atoms with E-state index in [1.54, 1.807) is 30.3 Å². The van der Waals surface area contributed by atoms with Crippen LogP contribution in [0.5, 0.6) is 11.5 Å². The normalized spacial score (nSPS) is 24.2. The SMILES string of the molecule is C[Si](C)Oc1c(C(C)(C)C)cccc1S(=O)(=O)c1ccc2c(c1)[C@@H]1O[C@]1(C)C(C)(C)O2. The maximum Gasteiger partial charge on any atom is 0.274 e. The molecule has 167 valence electrons. The zero-order chi connectivity index (χ0) is 23.0. The van der Waals surface area contributed by atoms with Gasteiger partial charge in [0.25, 0.3) is 9.04 Å². The molecular formula is C24H31O5SSi. The summed E-state index contributed by atoms with van der Waals surface area (Å²) in [6.45, 7) is 16.2. The number of sulfone groups is 1. The van der Waals surface area contributed by atoms with Gasteiger partial charge in [-0.15, -0.1) is 0 Å². The molecule has 0 saturated carbocycles. The molecule has 31 heavy (non-hydrogen) atoms. The first-order valence-corrected chi connectivity index (χ1v) is 14.4. The number of ether oxygens (including phenoxy) is 2. The summed E-state index contributed by atoms with van der Waals surface area (Å²) < 4.78 is 45.9. The zero-order valence-electron chi connectivity index (χ0n) is 19.5. The lowest BCUT2D eigenvalue weighted by molar-refractivity contribution is 0.0241. The van der Waals surface area contributed by atoms with E-state index >= 15 is 0 Å². The smallest absolute Gasteiger partial charge is 0.274 e. The van der Waals surface area contributed by atoms with Gasteiger partial charge in [-0.3, -0.25) is 0 Å². The van der Waals surface area contributed by atoms with Crippen LogP contribution >= 0.6 is 0 Å². The minimum Gasteiger partial charge on any atom is -0.542 e. The fraction of sp³-hybridized carbons (Fsp3) is 0.500. The molecule has 5 nitrogen and oxygen atoms in total. The molecule has 2 aliphatic rings. The van der Waals surface area contributed by atoms with Crippen LogP contribution in [-0.4, -0.2) is 28.7 Å². The average molecular weight is 460 g/mol. The van der Waals surface area contributed by atoms with Gasteiger partial charge in [0, 0.05) is 5.56 Å². The van der Waals surface area contributed by atoms with Crippen molar-refractivity contribution in [3.63, 3.8) is 0 Å². The van der Waals surface area contributed by atoms with E-state index < -0.39 is 30.1 Å². The predicted octanol–water partition coefficient (Wildman–Crippen LogP) is 5.45. The van der Waals surface area contributed by atoms with Crippen molar-refractivity contribution >= 4 is 18.9 Å². The third kappa shape index (κ3) is 3.51. The Kier molecular flexibility index (Phi) is 4.93. The molecule has 0 N–H and O–H groups in total. The molecule has 0 aromatic heterocycles. The standard InChI is InChI=1S/C24H31O5SSi/c1-22(2,3)17-10-9-11-19(20(17)29-31(7)8)30(25,26)15-12-13-18-16(14-15)21-24(6,28-21)23(4,5)27-18/h9-14,21H,1-8H3/t21-,24-/m0/s1. The first kappa shape index (κ1) is 22.4. The van der Waals surface area contributed by atoms with E-state index in [9.17, 15) is 8.42 Å². The number of fused-ring (bicyclic) bond motifs is 3. The summed E-state index contributed by atoms with van der Waals surface area (Å²) in [5, 5.41) is 0. The van der Waals surface area contributed by atoms with E-state index in [-0.39, 0.29) is 21.3 Å². The molecule has 0 aliphatic carbocycles. The average Bonchev–Trinajstić information content (AvgIpc) is 3.34. The monoisotopic (exact) mass is 459 g/mol. The maximum atomic E-state index is 13.8. The van der Waals surface area contributed by atoms with Crippen molar-refractivity contribution in [2.75, 3.05) is 0 Å².